The average molecular weight is 338 g/mol. The SMILES string of the molecule is O=C1CC(CBr)CN1c1nc(-c2ccncc2)cs1. The van der Waals surface area contributed by atoms with Gasteiger partial charge in [-0.05, 0) is 18.1 Å². The summed E-state index contributed by atoms with van der Waals surface area (Å²) >= 11 is 4.96. The van der Waals surface area contributed by atoms with Gasteiger partial charge in [-0.25, -0.2) is 4.98 Å². The largest absolute Gasteiger partial charge is 0.288 e. The molecule has 0 radical (unpaired) electrons. The third kappa shape index (κ3) is 2.55. The fraction of sp³-hybridized carbons (Fsp3) is 0.308. The van der Waals surface area contributed by atoms with Gasteiger partial charge in [-0.3, -0.25) is 14.7 Å². The Kier molecular flexibility index (Phi) is 3.61. The predicted octanol–water partition coefficient (Wildman–Crippen LogP) is 2.95. The number of thiazole rings is 1. The van der Waals surface area contributed by atoms with Gasteiger partial charge in [0.25, 0.3) is 0 Å². The molecule has 0 spiro atoms. The van der Waals surface area contributed by atoms with Crippen LogP contribution in [-0.4, -0.2) is 27.7 Å². The van der Waals surface area contributed by atoms with Crippen LogP contribution >= 0.6 is 27.3 Å². The fourth-order valence-electron chi connectivity index (χ4n) is 2.11. The van der Waals surface area contributed by atoms with Crippen LogP contribution in [0.4, 0.5) is 5.13 Å². The number of halogens is 1. The summed E-state index contributed by atoms with van der Waals surface area (Å²) in [6.07, 6.45) is 4.10. The molecule has 1 unspecified atom stereocenters. The Labute approximate surface area is 123 Å². The van der Waals surface area contributed by atoms with Gasteiger partial charge in [-0.1, -0.05) is 15.9 Å². The standard InChI is InChI=1S/C13H12BrN3OS/c14-6-9-5-12(18)17(7-9)13-16-11(8-19-13)10-1-3-15-4-2-10/h1-4,8-9H,5-7H2. The minimum Gasteiger partial charge on any atom is -0.288 e. The highest BCUT2D eigenvalue weighted by Gasteiger charge is 2.31. The van der Waals surface area contributed by atoms with Crippen molar-refractivity contribution in [2.75, 3.05) is 16.8 Å². The van der Waals surface area contributed by atoms with Gasteiger partial charge in [-0.2, -0.15) is 0 Å². The van der Waals surface area contributed by atoms with Crippen molar-refractivity contribution in [3.63, 3.8) is 0 Å². The molecule has 1 fully saturated rings. The van der Waals surface area contributed by atoms with Gasteiger partial charge in [0.2, 0.25) is 5.91 Å². The Bertz CT molecular complexity index is 587. The van der Waals surface area contributed by atoms with Crippen molar-refractivity contribution in [2.45, 2.75) is 6.42 Å². The highest BCUT2D eigenvalue weighted by atomic mass is 79.9. The lowest BCUT2D eigenvalue weighted by Crippen LogP contribution is -2.24. The van der Waals surface area contributed by atoms with E-state index in [4.69, 9.17) is 0 Å². The molecule has 1 aliphatic rings. The summed E-state index contributed by atoms with van der Waals surface area (Å²) in [5, 5.41) is 3.64. The molecule has 1 aliphatic heterocycles. The number of rotatable bonds is 3. The zero-order valence-corrected chi connectivity index (χ0v) is 12.5. The summed E-state index contributed by atoms with van der Waals surface area (Å²) in [5.74, 6) is 0.556. The van der Waals surface area contributed by atoms with Crippen LogP contribution in [0.15, 0.2) is 29.9 Å². The number of anilines is 1. The van der Waals surface area contributed by atoms with Crippen LogP contribution in [0.3, 0.4) is 0 Å². The number of carbonyl (C=O) groups is 1. The Morgan fingerprint density at radius 2 is 2.21 bits per heavy atom. The van der Waals surface area contributed by atoms with Gasteiger partial charge >= 0.3 is 0 Å². The van der Waals surface area contributed by atoms with E-state index in [2.05, 4.69) is 25.9 Å². The summed E-state index contributed by atoms with van der Waals surface area (Å²) in [5.41, 5.74) is 1.93. The Hall–Kier alpha value is -1.27. The number of aromatic nitrogens is 2. The van der Waals surface area contributed by atoms with E-state index < -0.39 is 0 Å². The maximum Gasteiger partial charge on any atom is 0.229 e. The molecular formula is C13H12BrN3OS. The van der Waals surface area contributed by atoms with Crippen LogP contribution in [0.1, 0.15) is 6.42 Å². The Morgan fingerprint density at radius 3 is 2.89 bits per heavy atom. The highest BCUT2D eigenvalue weighted by molar-refractivity contribution is 9.09. The van der Waals surface area contributed by atoms with Gasteiger partial charge in [0.1, 0.15) is 0 Å². The molecule has 3 rings (SSSR count). The average Bonchev–Trinajstić information content (AvgIpc) is 3.06. The molecule has 0 aromatic carbocycles. The number of pyridine rings is 1. The van der Waals surface area contributed by atoms with Gasteiger partial charge < -0.3 is 0 Å². The first kappa shape index (κ1) is 12.7. The van der Waals surface area contributed by atoms with Crippen LogP contribution in [-0.2, 0) is 4.79 Å². The van der Waals surface area contributed by atoms with Crippen molar-refractivity contribution in [1.29, 1.82) is 0 Å². The first-order chi connectivity index (χ1) is 9.28. The van der Waals surface area contributed by atoms with Crippen molar-refractivity contribution < 1.29 is 4.79 Å². The highest BCUT2D eigenvalue weighted by Crippen LogP contribution is 2.31. The molecule has 3 heterocycles. The van der Waals surface area contributed by atoms with Crippen LogP contribution < -0.4 is 4.90 Å². The lowest BCUT2D eigenvalue weighted by molar-refractivity contribution is -0.117. The minimum atomic E-state index is 0.167. The second kappa shape index (κ2) is 5.38. The van der Waals surface area contributed by atoms with Crippen LogP contribution in [0.2, 0.25) is 0 Å². The molecule has 4 nitrogen and oxygen atoms in total. The second-order valence-corrected chi connectivity index (χ2v) is 5.96. The first-order valence-corrected chi connectivity index (χ1v) is 8.00. The molecule has 1 amide bonds. The fourth-order valence-corrected chi connectivity index (χ4v) is 3.41. The van der Waals surface area contributed by atoms with E-state index in [1.165, 1.54) is 11.3 Å². The van der Waals surface area contributed by atoms with Crippen molar-refractivity contribution in [2.24, 2.45) is 5.92 Å². The summed E-state index contributed by atoms with van der Waals surface area (Å²) in [6, 6.07) is 3.85. The predicted molar refractivity (Wildman–Crippen MR) is 79.6 cm³/mol. The van der Waals surface area contributed by atoms with E-state index in [1.807, 2.05) is 17.5 Å². The smallest absolute Gasteiger partial charge is 0.229 e. The molecule has 1 atom stereocenters. The normalized spacial score (nSPS) is 19.1. The molecule has 6 heteroatoms. The van der Waals surface area contributed by atoms with Gasteiger partial charge in [0.05, 0.1) is 5.69 Å². The van der Waals surface area contributed by atoms with Crippen molar-refractivity contribution in [1.82, 2.24) is 9.97 Å². The summed E-state index contributed by atoms with van der Waals surface area (Å²) in [4.78, 5) is 22.3. The van der Waals surface area contributed by atoms with Crippen molar-refractivity contribution >= 4 is 38.3 Å². The quantitative estimate of drug-likeness (QED) is 0.809. The molecule has 1 saturated heterocycles. The van der Waals surface area contributed by atoms with Gasteiger partial charge in [0, 0.05) is 41.6 Å². The first-order valence-electron chi connectivity index (χ1n) is 6.00. The van der Waals surface area contributed by atoms with Crippen LogP contribution in [0.5, 0.6) is 0 Å². The molecule has 19 heavy (non-hydrogen) atoms. The van der Waals surface area contributed by atoms with Gasteiger partial charge in [-0.15, -0.1) is 11.3 Å². The number of nitrogens with zero attached hydrogens (tertiary/aromatic N) is 3. The zero-order valence-electron chi connectivity index (χ0n) is 10.1. The maximum atomic E-state index is 12.0. The monoisotopic (exact) mass is 337 g/mol. The molecular weight excluding hydrogens is 326 g/mol. The molecule has 0 N–H and O–H groups in total. The minimum absolute atomic E-state index is 0.167. The lowest BCUT2D eigenvalue weighted by Gasteiger charge is -2.11. The summed E-state index contributed by atoms with van der Waals surface area (Å²) in [6.45, 7) is 0.757. The Morgan fingerprint density at radius 1 is 1.42 bits per heavy atom. The van der Waals surface area contributed by atoms with E-state index in [1.54, 1.807) is 17.3 Å². The molecule has 2 aromatic heterocycles. The number of hydrogen-bond acceptors (Lipinski definition) is 4. The number of carbonyl (C=O) groups excluding carboxylic acids is 1. The van der Waals surface area contributed by atoms with Gasteiger partial charge in [0.15, 0.2) is 5.13 Å². The van der Waals surface area contributed by atoms with E-state index in [0.717, 1.165) is 28.3 Å². The number of hydrogen-bond donors (Lipinski definition) is 0. The zero-order chi connectivity index (χ0) is 13.2. The van der Waals surface area contributed by atoms with Crippen molar-refractivity contribution in [3.8, 4) is 11.3 Å². The number of alkyl halides is 1. The maximum absolute atomic E-state index is 12.0. The third-order valence-corrected chi connectivity index (χ3v) is 4.90. The molecule has 0 saturated carbocycles. The molecule has 98 valence electrons. The summed E-state index contributed by atoms with van der Waals surface area (Å²) < 4.78 is 0. The second-order valence-electron chi connectivity index (χ2n) is 4.48. The molecule has 2 aromatic rings. The van der Waals surface area contributed by atoms with E-state index >= 15 is 0 Å². The molecule has 0 bridgehead atoms. The van der Waals surface area contributed by atoms with E-state index in [-0.39, 0.29) is 5.91 Å². The number of amides is 1. The lowest BCUT2D eigenvalue weighted by atomic mass is 10.2. The van der Waals surface area contributed by atoms with Crippen molar-refractivity contribution in [3.05, 3.63) is 29.9 Å². The topological polar surface area (TPSA) is 46.1 Å². The molecule has 0 aliphatic carbocycles. The van der Waals surface area contributed by atoms with Crippen LogP contribution in [0, 0.1) is 5.92 Å². The van der Waals surface area contributed by atoms with Crippen LogP contribution in [0.25, 0.3) is 11.3 Å². The summed E-state index contributed by atoms with van der Waals surface area (Å²) in [7, 11) is 0. The van der Waals surface area contributed by atoms with E-state index in [9.17, 15) is 4.79 Å². The van der Waals surface area contributed by atoms with E-state index in [0.29, 0.717) is 12.3 Å². The Balaban J connectivity index is 1.84. The third-order valence-electron chi connectivity index (χ3n) is 3.12.